The molecule has 0 aliphatic carbocycles. The van der Waals surface area contributed by atoms with Gasteiger partial charge in [0.25, 0.3) is 0 Å². The second kappa shape index (κ2) is 9.19. The molecule has 1 N–H and O–H groups in total. The molecule has 1 atom stereocenters. The Hall–Kier alpha value is -1.39. The second-order valence-corrected chi connectivity index (χ2v) is 7.38. The van der Waals surface area contributed by atoms with E-state index in [1.807, 2.05) is 11.9 Å². The van der Waals surface area contributed by atoms with Crippen molar-refractivity contribution in [3.8, 4) is 0 Å². The van der Waals surface area contributed by atoms with E-state index in [4.69, 9.17) is 5.11 Å². The number of likely N-dealkylation sites (tertiary alicyclic amines) is 1. The van der Waals surface area contributed by atoms with E-state index >= 15 is 0 Å². The fourth-order valence-corrected chi connectivity index (χ4v) is 3.50. The average Bonchev–Trinajstić information content (AvgIpc) is 2.78. The smallest absolute Gasteiger partial charge is 0.317 e. The lowest BCUT2D eigenvalue weighted by Gasteiger charge is -2.25. The van der Waals surface area contributed by atoms with Gasteiger partial charge in [0.15, 0.2) is 0 Å². The van der Waals surface area contributed by atoms with Crippen molar-refractivity contribution in [2.75, 3.05) is 33.2 Å². The van der Waals surface area contributed by atoms with Crippen LogP contribution < -0.4 is 0 Å². The molecule has 1 unspecified atom stereocenters. The zero-order chi connectivity index (χ0) is 17.5. The minimum Gasteiger partial charge on any atom is -0.480 e. The number of rotatable bonds is 7. The highest BCUT2D eigenvalue weighted by Crippen LogP contribution is 2.17. The molecule has 4 nitrogen and oxygen atoms in total. The highest BCUT2D eigenvalue weighted by Gasteiger charge is 2.21. The van der Waals surface area contributed by atoms with Gasteiger partial charge in [0.05, 0.1) is 6.54 Å². The SMILES string of the molecule is CC(C)c1ccc(CCN2CCCC(N(C)CC(=O)O)CC2)cc1. The van der Waals surface area contributed by atoms with Crippen molar-refractivity contribution in [2.45, 2.75) is 51.5 Å². The molecule has 1 fully saturated rings. The minimum atomic E-state index is -0.733. The molecule has 2 rings (SSSR count). The lowest BCUT2D eigenvalue weighted by molar-refractivity contribution is -0.138. The maximum absolute atomic E-state index is 10.9. The standard InChI is InChI=1S/C20H32N2O2/c1-16(2)18-8-6-17(7-9-18)10-13-22-12-4-5-19(11-14-22)21(3)15-20(23)24/h6-9,16,19H,4-5,10-15H2,1-3H3,(H,23,24). The van der Waals surface area contributed by atoms with Crippen LogP contribution in [0, 0.1) is 0 Å². The van der Waals surface area contributed by atoms with Crippen LogP contribution in [0.15, 0.2) is 24.3 Å². The molecular weight excluding hydrogens is 300 g/mol. The average molecular weight is 332 g/mol. The van der Waals surface area contributed by atoms with E-state index in [1.165, 1.54) is 11.1 Å². The van der Waals surface area contributed by atoms with Crippen LogP contribution in [0.2, 0.25) is 0 Å². The van der Waals surface area contributed by atoms with Gasteiger partial charge in [-0.15, -0.1) is 0 Å². The van der Waals surface area contributed by atoms with E-state index in [9.17, 15) is 4.79 Å². The largest absolute Gasteiger partial charge is 0.480 e. The topological polar surface area (TPSA) is 43.8 Å². The van der Waals surface area contributed by atoms with Crippen LogP contribution in [-0.2, 0) is 11.2 Å². The molecule has 0 spiro atoms. The number of carboxylic acid groups (broad SMARTS) is 1. The van der Waals surface area contributed by atoms with Crippen LogP contribution in [0.3, 0.4) is 0 Å². The highest BCUT2D eigenvalue weighted by atomic mass is 16.4. The van der Waals surface area contributed by atoms with Crippen molar-refractivity contribution in [3.05, 3.63) is 35.4 Å². The Balaban J connectivity index is 1.78. The van der Waals surface area contributed by atoms with Gasteiger partial charge in [-0.1, -0.05) is 38.1 Å². The van der Waals surface area contributed by atoms with E-state index in [0.717, 1.165) is 45.3 Å². The van der Waals surface area contributed by atoms with E-state index in [2.05, 4.69) is 43.0 Å². The van der Waals surface area contributed by atoms with E-state index < -0.39 is 5.97 Å². The fraction of sp³-hybridized carbons (Fsp3) is 0.650. The van der Waals surface area contributed by atoms with Gasteiger partial charge in [0.1, 0.15) is 0 Å². The summed E-state index contributed by atoms with van der Waals surface area (Å²) in [7, 11) is 1.94. The Labute approximate surface area is 146 Å². The third-order valence-corrected chi connectivity index (χ3v) is 5.16. The Bertz CT molecular complexity index is 513. The monoisotopic (exact) mass is 332 g/mol. The van der Waals surface area contributed by atoms with Crippen LogP contribution in [0.5, 0.6) is 0 Å². The van der Waals surface area contributed by atoms with Crippen LogP contribution >= 0.6 is 0 Å². The number of carboxylic acids is 1. The third kappa shape index (κ3) is 5.91. The van der Waals surface area contributed by atoms with Crippen molar-refractivity contribution in [1.82, 2.24) is 9.80 Å². The van der Waals surface area contributed by atoms with Crippen molar-refractivity contribution in [1.29, 1.82) is 0 Å². The van der Waals surface area contributed by atoms with Crippen molar-refractivity contribution < 1.29 is 9.90 Å². The molecule has 0 aromatic heterocycles. The second-order valence-electron chi connectivity index (χ2n) is 7.38. The summed E-state index contributed by atoms with van der Waals surface area (Å²) < 4.78 is 0. The van der Waals surface area contributed by atoms with Gasteiger partial charge in [-0.25, -0.2) is 0 Å². The molecule has 134 valence electrons. The zero-order valence-corrected chi connectivity index (χ0v) is 15.4. The van der Waals surface area contributed by atoms with Gasteiger partial charge in [-0.3, -0.25) is 9.69 Å². The number of carbonyl (C=O) groups is 1. The first-order valence-corrected chi connectivity index (χ1v) is 9.19. The van der Waals surface area contributed by atoms with Gasteiger partial charge in [0, 0.05) is 12.6 Å². The number of likely N-dealkylation sites (N-methyl/N-ethyl adjacent to an activating group) is 1. The first-order valence-electron chi connectivity index (χ1n) is 9.19. The Kier molecular flexibility index (Phi) is 7.25. The third-order valence-electron chi connectivity index (χ3n) is 5.16. The highest BCUT2D eigenvalue weighted by molar-refractivity contribution is 5.69. The molecule has 1 aromatic carbocycles. The molecule has 1 aromatic rings. The van der Waals surface area contributed by atoms with Crippen LogP contribution in [-0.4, -0.2) is 60.1 Å². The lowest BCUT2D eigenvalue weighted by atomic mass is 10.0. The molecule has 1 heterocycles. The minimum absolute atomic E-state index is 0.146. The number of aliphatic carboxylic acids is 1. The predicted octanol–water partition coefficient (Wildman–Crippen LogP) is 3.22. The molecule has 24 heavy (non-hydrogen) atoms. The summed E-state index contributed by atoms with van der Waals surface area (Å²) >= 11 is 0. The number of benzene rings is 1. The Morgan fingerprint density at radius 2 is 1.96 bits per heavy atom. The summed E-state index contributed by atoms with van der Waals surface area (Å²) in [5, 5.41) is 8.95. The molecule has 4 heteroatoms. The lowest BCUT2D eigenvalue weighted by Crippen LogP contribution is -2.36. The summed E-state index contributed by atoms with van der Waals surface area (Å²) in [5.74, 6) is -0.146. The molecule has 0 bridgehead atoms. The Morgan fingerprint density at radius 3 is 2.58 bits per heavy atom. The molecular formula is C20H32N2O2. The first kappa shape index (κ1) is 18.9. The number of nitrogens with zero attached hydrogens (tertiary/aromatic N) is 2. The first-order chi connectivity index (χ1) is 11.5. The van der Waals surface area contributed by atoms with E-state index in [-0.39, 0.29) is 6.54 Å². The number of hydrogen-bond acceptors (Lipinski definition) is 3. The van der Waals surface area contributed by atoms with Gasteiger partial charge in [0.2, 0.25) is 0 Å². The van der Waals surface area contributed by atoms with E-state index in [0.29, 0.717) is 12.0 Å². The molecule has 1 saturated heterocycles. The van der Waals surface area contributed by atoms with Gasteiger partial charge >= 0.3 is 5.97 Å². The van der Waals surface area contributed by atoms with E-state index in [1.54, 1.807) is 0 Å². The molecule has 0 saturated carbocycles. The van der Waals surface area contributed by atoms with Crippen molar-refractivity contribution in [3.63, 3.8) is 0 Å². The molecule has 1 aliphatic rings. The molecule has 0 amide bonds. The summed E-state index contributed by atoms with van der Waals surface area (Å²) in [6.45, 7) is 7.89. The quantitative estimate of drug-likeness (QED) is 0.832. The normalized spacial score (nSPS) is 19.6. The number of hydrogen-bond donors (Lipinski definition) is 1. The molecule has 1 aliphatic heterocycles. The maximum Gasteiger partial charge on any atom is 0.317 e. The Morgan fingerprint density at radius 1 is 1.25 bits per heavy atom. The van der Waals surface area contributed by atoms with Crippen LogP contribution in [0.25, 0.3) is 0 Å². The van der Waals surface area contributed by atoms with Gasteiger partial charge in [-0.05, 0) is 62.9 Å². The zero-order valence-electron chi connectivity index (χ0n) is 15.4. The summed E-state index contributed by atoms with van der Waals surface area (Å²) in [4.78, 5) is 15.4. The van der Waals surface area contributed by atoms with Gasteiger partial charge in [-0.2, -0.15) is 0 Å². The summed E-state index contributed by atoms with van der Waals surface area (Å²) in [6.07, 6.45) is 4.41. The fourth-order valence-electron chi connectivity index (χ4n) is 3.50. The van der Waals surface area contributed by atoms with Crippen LogP contribution in [0.4, 0.5) is 0 Å². The van der Waals surface area contributed by atoms with Crippen LogP contribution in [0.1, 0.15) is 50.2 Å². The van der Waals surface area contributed by atoms with Crippen molar-refractivity contribution >= 4 is 5.97 Å². The van der Waals surface area contributed by atoms with Gasteiger partial charge < -0.3 is 10.0 Å². The predicted molar refractivity (Wildman–Crippen MR) is 98.6 cm³/mol. The van der Waals surface area contributed by atoms with Crippen molar-refractivity contribution in [2.24, 2.45) is 0 Å². The summed E-state index contributed by atoms with van der Waals surface area (Å²) in [5.41, 5.74) is 2.81. The maximum atomic E-state index is 10.9. The summed E-state index contributed by atoms with van der Waals surface area (Å²) in [6, 6.07) is 9.42. The molecule has 0 radical (unpaired) electrons.